The minimum Gasteiger partial charge on any atom is -0.462 e. The second kappa shape index (κ2) is 8.84. The van der Waals surface area contributed by atoms with E-state index in [1.807, 2.05) is 0 Å². The molecule has 1 amide bonds. The Morgan fingerprint density at radius 3 is 2.96 bits per heavy atom. The van der Waals surface area contributed by atoms with Gasteiger partial charge in [-0.1, -0.05) is 11.8 Å². The molecule has 0 aromatic carbocycles. The molecule has 1 aromatic heterocycles. The average molecular weight is 355 g/mol. The summed E-state index contributed by atoms with van der Waals surface area (Å²) < 4.78 is 10.4. The van der Waals surface area contributed by atoms with Gasteiger partial charge >= 0.3 is 11.7 Å². The van der Waals surface area contributed by atoms with Crippen LogP contribution in [0.4, 0.5) is 0 Å². The van der Waals surface area contributed by atoms with Crippen LogP contribution in [0.3, 0.4) is 0 Å². The van der Waals surface area contributed by atoms with Crippen LogP contribution in [0.15, 0.2) is 9.82 Å². The number of nitrogens with zero attached hydrogens (tertiary/aromatic N) is 1. The number of H-pyrrole nitrogens is 1. The molecule has 0 radical (unpaired) electrons. The van der Waals surface area contributed by atoms with Crippen LogP contribution in [0.5, 0.6) is 0 Å². The van der Waals surface area contributed by atoms with Gasteiger partial charge in [0.05, 0.1) is 18.5 Å². The number of thioether (sulfide) groups is 1. The van der Waals surface area contributed by atoms with Crippen molar-refractivity contribution >= 4 is 23.6 Å². The van der Waals surface area contributed by atoms with E-state index in [2.05, 4.69) is 15.3 Å². The van der Waals surface area contributed by atoms with E-state index in [-0.39, 0.29) is 35.0 Å². The summed E-state index contributed by atoms with van der Waals surface area (Å²) in [7, 11) is 0. The first-order valence-corrected chi connectivity index (χ1v) is 8.79. The summed E-state index contributed by atoms with van der Waals surface area (Å²) in [6.45, 7) is 4.69. The maximum absolute atomic E-state index is 12.0. The van der Waals surface area contributed by atoms with Crippen molar-refractivity contribution in [2.75, 3.05) is 25.5 Å². The molecule has 2 N–H and O–H groups in total. The fourth-order valence-corrected chi connectivity index (χ4v) is 3.22. The van der Waals surface area contributed by atoms with Crippen molar-refractivity contribution in [1.29, 1.82) is 0 Å². The summed E-state index contributed by atoms with van der Waals surface area (Å²) >= 11 is 1.04. The lowest BCUT2D eigenvalue weighted by atomic mass is 10.2. The molecule has 8 nitrogen and oxygen atoms in total. The molecule has 1 fully saturated rings. The van der Waals surface area contributed by atoms with Crippen LogP contribution in [0.2, 0.25) is 0 Å². The third-order valence-corrected chi connectivity index (χ3v) is 4.43. The highest BCUT2D eigenvalue weighted by Crippen LogP contribution is 2.21. The molecular weight excluding hydrogens is 334 g/mol. The van der Waals surface area contributed by atoms with Crippen molar-refractivity contribution in [3.63, 3.8) is 0 Å². The number of hydrogen-bond acceptors (Lipinski definition) is 7. The Morgan fingerprint density at radius 2 is 2.29 bits per heavy atom. The third kappa shape index (κ3) is 5.07. The maximum atomic E-state index is 12.0. The number of aromatic nitrogens is 2. The van der Waals surface area contributed by atoms with E-state index in [1.54, 1.807) is 13.8 Å². The second-order valence-corrected chi connectivity index (χ2v) is 6.26. The summed E-state index contributed by atoms with van der Waals surface area (Å²) in [5.41, 5.74) is -0.00750. The highest BCUT2D eigenvalue weighted by molar-refractivity contribution is 8.00. The lowest BCUT2D eigenvalue weighted by molar-refractivity contribution is -0.119. The largest absolute Gasteiger partial charge is 0.462 e. The van der Waals surface area contributed by atoms with Crippen molar-refractivity contribution in [2.45, 2.75) is 37.8 Å². The maximum Gasteiger partial charge on any atom is 0.346 e. The predicted octanol–water partition coefficient (Wildman–Crippen LogP) is 0.642. The minimum atomic E-state index is -0.569. The number of carbonyl (C=O) groups excluding carboxylic acids is 2. The Balaban J connectivity index is 1.98. The van der Waals surface area contributed by atoms with E-state index in [4.69, 9.17) is 9.47 Å². The molecule has 1 aromatic rings. The Labute approximate surface area is 143 Å². The molecule has 0 aliphatic carbocycles. The Hall–Kier alpha value is -1.87. The molecule has 1 aliphatic rings. The molecule has 0 spiro atoms. The van der Waals surface area contributed by atoms with Gasteiger partial charge in [0.1, 0.15) is 10.6 Å². The standard InChI is InChI=1S/C15H21N3O5S/c1-3-22-14(20)12-9(2)17-15(21)18-13(12)24-8-11(19)16-7-10-5-4-6-23-10/h10H,3-8H2,1-2H3,(H,16,19)(H,17,18,21)/t10-/m1/s1. The van der Waals surface area contributed by atoms with Gasteiger partial charge in [0.2, 0.25) is 5.91 Å². The number of aromatic amines is 1. The number of nitrogens with one attached hydrogen (secondary N) is 2. The minimum absolute atomic E-state index is 0.0506. The summed E-state index contributed by atoms with van der Waals surface area (Å²) in [6.07, 6.45) is 2.01. The van der Waals surface area contributed by atoms with Crippen LogP contribution in [0.1, 0.15) is 35.8 Å². The Kier molecular flexibility index (Phi) is 6.80. The lowest BCUT2D eigenvalue weighted by Gasteiger charge is -2.12. The molecule has 2 heterocycles. The Morgan fingerprint density at radius 1 is 1.50 bits per heavy atom. The third-order valence-electron chi connectivity index (χ3n) is 3.46. The lowest BCUT2D eigenvalue weighted by Crippen LogP contribution is -2.33. The molecule has 1 atom stereocenters. The highest BCUT2D eigenvalue weighted by Gasteiger charge is 2.20. The zero-order valence-electron chi connectivity index (χ0n) is 13.7. The van der Waals surface area contributed by atoms with Crippen molar-refractivity contribution in [3.8, 4) is 0 Å². The molecule has 0 unspecified atom stereocenters. The molecule has 0 bridgehead atoms. The molecule has 9 heteroatoms. The van der Waals surface area contributed by atoms with Gasteiger partial charge in [-0.05, 0) is 26.7 Å². The number of carbonyl (C=O) groups is 2. The first-order valence-electron chi connectivity index (χ1n) is 7.80. The SMILES string of the molecule is CCOC(=O)c1c(SCC(=O)NC[C@H]2CCCO2)nc(=O)[nH]c1C. The molecule has 1 aliphatic heterocycles. The van der Waals surface area contributed by atoms with Gasteiger partial charge in [-0.15, -0.1) is 0 Å². The van der Waals surface area contributed by atoms with Crippen molar-refractivity contribution in [3.05, 3.63) is 21.7 Å². The van der Waals surface area contributed by atoms with E-state index >= 15 is 0 Å². The topological polar surface area (TPSA) is 110 Å². The normalized spacial score (nSPS) is 16.8. The number of esters is 1. The fraction of sp³-hybridized carbons (Fsp3) is 0.600. The Bertz CT molecular complexity index is 655. The summed E-state index contributed by atoms with van der Waals surface area (Å²) in [5.74, 6) is -0.722. The van der Waals surface area contributed by atoms with Gasteiger partial charge in [0, 0.05) is 18.8 Å². The molecular formula is C15H21N3O5S. The van der Waals surface area contributed by atoms with Gasteiger partial charge in [0.15, 0.2) is 0 Å². The number of amides is 1. The highest BCUT2D eigenvalue weighted by atomic mass is 32.2. The van der Waals surface area contributed by atoms with Gasteiger partial charge in [-0.3, -0.25) is 4.79 Å². The average Bonchev–Trinajstić information content (AvgIpc) is 3.03. The predicted molar refractivity (Wildman–Crippen MR) is 88.3 cm³/mol. The molecule has 24 heavy (non-hydrogen) atoms. The molecule has 2 rings (SSSR count). The van der Waals surface area contributed by atoms with E-state index < -0.39 is 11.7 Å². The summed E-state index contributed by atoms with van der Waals surface area (Å²) in [4.78, 5) is 41.8. The van der Waals surface area contributed by atoms with Crippen molar-refractivity contribution in [2.24, 2.45) is 0 Å². The van der Waals surface area contributed by atoms with Gasteiger partial charge in [-0.25, -0.2) is 9.59 Å². The first kappa shape index (κ1) is 18.5. The molecule has 132 valence electrons. The van der Waals surface area contributed by atoms with Crippen LogP contribution < -0.4 is 11.0 Å². The van der Waals surface area contributed by atoms with Crippen LogP contribution in [-0.2, 0) is 14.3 Å². The van der Waals surface area contributed by atoms with Gasteiger partial charge in [-0.2, -0.15) is 4.98 Å². The van der Waals surface area contributed by atoms with Gasteiger partial charge < -0.3 is 19.8 Å². The summed E-state index contributed by atoms with van der Waals surface area (Å²) in [5, 5.41) is 2.98. The molecule has 0 saturated carbocycles. The summed E-state index contributed by atoms with van der Waals surface area (Å²) in [6, 6.07) is 0. The first-order chi connectivity index (χ1) is 11.5. The smallest absolute Gasteiger partial charge is 0.346 e. The monoisotopic (exact) mass is 355 g/mol. The zero-order valence-corrected chi connectivity index (χ0v) is 14.5. The van der Waals surface area contributed by atoms with E-state index in [9.17, 15) is 14.4 Å². The second-order valence-electron chi connectivity index (χ2n) is 5.30. The fourth-order valence-electron chi connectivity index (χ4n) is 2.33. The van der Waals surface area contributed by atoms with E-state index in [1.165, 1.54) is 0 Å². The van der Waals surface area contributed by atoms with Crippen LogP contribution in [-0.4, -0.2) is 53.5 Å². The molecule has 1 saturated heterocycles. The number of ether oxygens (including phenoxy) is 2. The number of aryl methyl sites for hydroxylation is 1. The van der Waals surface area contributed by atoms with Crippen LogP contribution >= 0.6 is 11.8 Å². The van der Waals surface area contributed by atoms with E-state index in [0.29, 0.717) is 12.2 Å². The quantitative estimate of drug-likeness (QED) is 0.419. The van der Waals surface area contributed by atoms with Crippen molar-refractivity contribution < 1.29 is 19.1 Å². The van der Waals surface area contributed by atoms with Crippen LogP contribution in [0.25, 0.3) is 0 Å². The number of rotatable bonds is 7. The van der Waals surface area contributed by atoms with Gasteiger partial charge in [0.25, 0.3) is 0 Å². The van der Waals surface area contributed by atoms with Crippen LogP contribution in [0, 0.1) is 6.92 Å². The number of hydrogen-bond donors (Lipinski definition) is 2. The van der Waals surface area contributed by atoms with Crippen molar-refractivity contribution in [1.82, 2.24) is 15.3 Å². The zero-order chi connectivity index (χ0) is 17.5. The van der Waals surface area contributed by atoms with E-state index in [0.717, 1.165) is 31.2 Å².